The number of nitrogens with zero attached hydrogens (tertiary/aromatic N) is 2. The van der Waals surface area contributed by atoms with Crippen LogP contribution in [-0.4, -0.2) is 20.7 Å². The molecule has 1 unspecified atom stereocenters. The lowest BCUT2D eigenvalue weighted by atomic mass is 10.2. The molecule has 1 aromatic carbocycles. The molecule has 1 atom stereocenters. The highest BCUT2D eigenvalue weighted by Gasteiger charge is 2.26. The second-order valence-corrected chi connectivity index (χ2v) is 9.27. The number of anilines is 1. The summed E-state index contributed by atoms with van der Waals surface area (Å²) in [5.74, 6) is -0.00386. The molecule has 140 valence electrons. The fraction of sp³-hybridized carbons (Fsp3) is 0.500. The van der Waals surface area contributed by atoms with Gasteiger partial charge in [-0.25, -0.2) is 4.98 Å². The van der Waals surface area contributed by atoms with E-state index >= 15 is 0 Å². The zero-order valence-corrected chi connectivity index (χ0v) is 18.2. The number of carbonyl (C=O) groups is 1. The highest BCUT2D eigenvalue weighted by Crippen LogP contribution is 2.36. The Morgan fingerprint density at radius 2 is 2.00 bits per heavy atom. The van der Waals surface area contributed by atoms with Gasteiger partial charge in [0.25, 0.3) is 0 Å². The van der Waals surface area contributed by atoms with E-state index in [4.69, 9.17) is 4.98 Å². The summed E-state index contributed by atoms with van der Waals surface area (Å²) in [7, 11) is 0. The van der Waals surface area contributed by atoms with Gasteiger partial charge in [0, 0.05) is 16.2 Å². The predicted octanol–water partition coefficient (Wildman–Crippen LogP) is 5.81. The van der Waals surface area contributed by atoms with Crippen LogP contribution in [0.4, 0.5) is 5.69 Å². The number of halogens is 1. The van der Waals surface area contributed by atoms with Crippen molar-refractivity contribution in [2.45, 2.75) is 69.8 Å². The minimum atomic E-state index is -0.218. The Morgan fingerprint density at radius 1 is 1.31 bits per heavy atom. The lowest BCUT2D eigenvalue weighted by Crippen LogP contribution is -2.23. The van der Waals surface area contributed by atoms with Crippen LogP contribution in [-0.2, 0) is 4.79 Å². The number of carbonyl (C=O) groups excluding carboxylic acids is 1. The van der Waals surface area contributed by atoms with Gasteiger partial charge >= 0.3 is 0 Å². The normalized spacial score (nSPS) is 16.0. The van der Waals surface area contributed by atoms with Crippen molar-refractivity contribution in [1.29, 1.82) is 0 Å². The van der Waals surface area contributed by atoms with Crippen molar-refractivity contribution in [3.63, 3.8) is 0 Å². The number of imidazole rings is 1. The fourth-order valence-corrected chi connectivity index (χ4v) is 5.10. The van der Waals surface area contributed by atoms with E-state index in [1.165, 1.54) is 31.4 Å². The summed E-state index contributed by atoms with van der Waals surface area (Å²) in [4.78, 5) is 17.4. The van der Waals surface area contributed by atoms with Crippen LogP contribution in [0.25, 0.3) is 0 Å². The Morgan fingerprint density at radius 3 is 2.65 bits per heavy atom. The standard InChI is InChI=1S/C20H26BrN3OS/c1-12-9-10-18(17(21)11-12)23-19(25)15(4)26-20-22-13(2)14(3)24(20)16-7-5-6-8-16/h9-11,15-16H,5-8H2,1-4H3,(H,23,25). The van der Waals surface area contributed by atoms with Gasteiger partial charge in [0.1, 0.15) is 0 Å². The number of aromatic nitrogens is 2. The summed E-state index contributed by atoms with van der Waals surface area (Å²) < 4.78 is 3.26. The van der Waals surface area contributed by atoms with Gasteiger partial charge in [0.05, 0.1) is 16.6 Å². The molecule has 0 radical (unpaired) electrons. The molecule has 6 heteroatoms. The first-order valence-corrected chi connectivity index (χ1v) is 10.8. The molecule has 3 rings (SSSR count). The molecule has 2 aromatic rings. The molecule has 1 aliphatic carbocycles. The van der Waals surface area contributed by atoms with Gasteiger partial charge in [0.2, 0.25) is 5.91 Å². The molecule has 1 aliphatic rings. The Hall–Kier alpha value is -1.27. The van der Waals surface area contributed by atoms with E-state index < -0.39 is 0 Å². The lowest BCUT2D eigenvalue weighted by molar-refractivity contribution is -0.115. The van der Waals surface area contributed by atoms with Gasteiger partial charge < -0.3 is 9.88 Å². The molecule has 1 N–H and O–H groups in total. The van der Waals surface area contributed by atoms with Crippen LogP contribution in [0.15, 0.2) is 27.8 Å². The number of nitrogens with one attached hydrogen (secondary N) is 1. The molecular formula is C20H26BrN3OS. The van der Waals surface area contributed by atoms with Crippen LogP contribution in [0.5, 0.6) is 0 Å². The summed E-state index contributed by atoms with van der Waals surface area (Å²) in [6, 6.07) is 6.47. The minimum absolute atomic E-state index is 0.00386. The molecule has 0 aliphatic heterocycles. The Bertz CT molecular complexity index is 812. The highest BCUT2D eigenvalue weighted by molar-refractivity contribution is 9.10. The second kappa shape index (κ2) is 8.17. The summed E-state index contributed by atoms with van der Waals surface area (Å²) >= 11 is 5.08. The van der Waals surface area contributed by atoms with Crippen LogP contribution in [0, 0.1) is 20.8 Å². The topological polar surface area (TPSA) is 46.9 Å². The summed E-state index contributed by atoms with van der Waals surface area (Å²) in [5, 5.41) is 3.78. The predicted molar refractivity (Wildman–Crippen MR) is 112 cm³/mol. The largest absolute Gasteiger partial charge is 0.324 e. The first kappa shape index (κ1) is 19.5. The maximum atomic E-state index is 12.7. The SMILES string of the molecule is Cc1ccc(NC(=O)C(C)Sc2nc(C)c(C)n2C2CCCC2)c(Br)c1. The fourth-order valence-electron chi connectivity index (χ4n) is 3.44. The Kier molecular flexibility index (Phi) is 6.13. The minimum Gasteiger partial charge on any atom is -0.324 e. The third-order valence-electron chi connectivity index (χ3n) is 5.08. The van der Waals surface area contributed by atoms with Crippen molar-refractivity contribution >= 4 is 39.3 Å². The van der Waals surface area contributed by atoms with Gasteiger partial charge in [-0.1, -0.05) is 30.7 Å². The summed E-state index contributed by atoms with van der Waals surface area (Å²) in [5.41, 5.74) is 4.25. The van der Waals surface area contributed by atoms with Crippen LogP contribution in [0.2, 0.25) is 0 Å². The number of amides is 1. The Labute approximate surface area is 168 Å². The van der Waals surface area contributed by atoms with E-state index in [0.717, 1.165) is 26.6 Å². The molecule has 0 bridgehead atoms. The number of thioether (sulfide) groups is 1. The third kappa shape index (κ3) is 4.17. The number of rotatable bonds is 5. The molecule has 1 fully saturated rings. The maximum absolute atomic E-state index is 12.7. The van der Waals surface area contributed by atoms with Crippen molar-refractivity contribution in [3.8, 4) is 0 Å². The second-order valence-electron chi connectivity index (χ2n) is 7.11. The zero-order chi connectivity index (χ0) is 18.8. The van der Waals surface area contributed by atoms with Crippen LogP contribution in [0.1, 0.15) is 55.6 Å². The van der Waals surface area contributed by atoms with Crippen molar-refractivity contribution in [2.75, 3.05) is 5.32 Å². The summed E-state index contributed by atoms with van der Waals surface area (Å²) in [6.07, 6.45) is 4.98. The van der Waals surface area contributed by atoms with E-state index in [2.05, 4.69) is 39.7 Å². The number of hydrogen-bond acceptors (Lipinski definition) is 3. The van der Waals surface area contributed by atoms with Gasteiger partial charge in [-0.2, -0.15) is 0 Å². The van der Waals surface area contributed by atoms with Crippen LogP contribution >= 0.6 is 27.7 Å². The van der Waals surface area contributed by atoms with Crippen LogP contribution in [0.3, 0.4) is 0 Å². The molecule has 26 heavy (non-hydrogen) atoms. The van der Waals surface area contributed by atoms with E-state index in [1.54, 1.807) is 11.8 Å². The molecule has 0 saturated heterocycles. The molecule has 1 amide bonds. The number of benzene rings is 1. The Balaban J connectivity index is 1.74. The van der Waals surface area contributed by atoms with E-state index in [-0.39, 0.29) is 11.2 Å². The highest BCUT2D eigenvalue weighted by atomic mass is 79.9. The van der Waals surface area contributed by atoms with Crippen molar-refractivity contribution in [1.82, 2.24) is 9.55 Å². The molecule has 1 aromatic heterocycles. The third-order valence-corrected chi connectivity index (χ3v) is 6.80. The van der Waals surface area contributed by atoms with Gasteiger partial charge in [-0.15, -0.1) is 0 Å². The first-order valence-electron chi connectivity index (χ1n) is 9.16. The van der Waals surface area contributed by atoms with Crippen molar-refractivity contribution in [2.24, 2.45) is 0 Å². The molecule has 1 heterocycles. The lowest BCUT2D eigenvalue weighted by Gasteiger charge is -2.19. The van der Waals surface area contributed by atoms with E-state index in [0.29, 0.717) is 6.04 Å². The molecular weight excluding hydrogens is 410 g/mol. The molecule has 1 saturated carbocycles. The summed E-state index contributed by atoms with van der Waals surface area (Å²) in [6.45, 7) is 8.17. The monoisotopic (exact) mass is 435 g/mol. The van der Waals surface area contributed by atoms with Gasteiger partial charge in [0.15, 0.2) is 5.16 Å². The average molecular weight is 436 g/mol. The number of aryl methyl sites for hydroxylation is 2. The van der Waals surface area contributed by atoms with Gasteiger partial charge in [-0.3, -0.25) is 4.79 Å². The smallest absolute Gasteiger partial charge is 0.237 e. The van der Waals surface area contributed by atoms with Crippen molar-refractivity contribution in [3.05, 3.63) is 39.6 Å². The average Bonchev–Trinajstić information content (AvgIpc) is 3.19. The quantitative estimate of drug-likeness (QED) is 0.602. The van der Waals surface area contributed by atoms with E-state index in [9.17, 15) is 4.79 Å². The number of hydrogen-bond donors (Lipinski definition) is 1. The molecule has 4 nitrogen and oxygen atoms in total. The molecule has 0 spiro atoms. The first-order chi connectivity index (χ1) is 12.4. The van der Waals surface area contributed by atoms with Crippen LogP contribution < -0.4 is 5.32 Å². The zero-order valence-electron chi connectivity index (χ0n) is 15.8. The van der Waals surface area contributed by atoms with Gasteiger partial charge in [-0.05, 0) is 74.2 Å². The van der Waals surface area contributed by atoms with Crippen molar-refractivity contribution < 1.29 is 4.79 Å². The van der Waals surface area contributed by atoms with E-state index in [1.807, 2.05) is 32.0 Å². The maximum Gasteiger partial charge on any atom is 0.237 e.